The first-order valence-corrected chi connectivity index (χ1v) is 10.5. The van der Waals surface area contributed by atoms with Gasteiger partial charge in [0, 0.05) is 52.7 Å². The zero-order valence-corrected chi connectivity index (χ0v) is 19.6. The maximum Gasteiger partial charge on any atom is 0.205 e. The first-order chi connectivity index (χ1) is 14.4. The van der Waals surface area contributed by atoms with E-state index >= 15 is 0 Å². The van der Waals surface area contributed by atoms with Gasteiger partial charge in [0.1, 0.15) is 11.6 Å². The van der Waals surface area contributed by atoms with Crippen molar-refractivity contribution in [1.29, 1.82) is 0 Å². The number of hydrogen-bond donors (Lipinski definition) is 0. The van der Waals surface area contributed by atoms with Crippen LogP contribution in [-0.4, -0.2) is 35.7 Å². The molecule has 0 unspecified atom stereocenters. The summed E-state index contributed by atoms with van der Waals surface area (Å²) in [6, 6.07) is 1.82. The predicted octanol–water partition coefficient (Wildman–Crippen LogP) is 5.04. The average Bonchev–Trinajstić information content (AvgIpc) is 2.71. The topological polar surface area (TPSA) is 94.4 Å². The fourth-order valence-corrected chi connectivity index (χ4v) is 2.80. The third-order valence-corrected chi connectivity index (χ3v) is 4.71. The highest BCUT2D eigenvalue weighted by molar-refractivity contribution is 5.97. The van der Waals surface area contributed by atoms with Crippen LogP contribution in [-0.2, 0) is 5.41 Å². The molecule has 3 heterocycles. The van der Waals surface area contributed by atoms with E-state index in [4.69, 9.17) is 0 Å². The molecule has 3 rings (SSSR count). The second kappa shape index (κ2) is 8.21. The lowest BCUT2D eigenvalue weighted by atomic mass is 9.90. The SMILES string of the molecule is CC(C)c1ncc(-c2cc(-c3cnc(C(C)(C)C)nc3)nc(C(=O)C(C)(C)C)n2)cn1. The predicted molar refractivity (Wildman–Crippen MR) is 121 cm³/mol. The molecule has 0 N–H and O–H groups in total. The van der Waals surface area contributed by atoms with Gasteiger partial charge in [-0.3, -0.25) is 4.79 Å². The normalized spacial score (nSPS) is 12.3. The molecule has 3 aromatic heterocycles. The van der Waals surface area contributed by atoms with E-state index in [0.29, 0.717) is 11.4 Å². The third kappa shape index (κ3) is 5.16. The first kappa shape index (κ1) is 22.6. The molecule has 7 nitrogen and oxygen atoms in total. The van der Waals surface area contributed by atoms with Gasteiger partial charge in [0.25, 0.3) is 0 Å². The van der Waals surface area contributed by atoms with E-state index in [-0.39, 0.29) is 22.9 Å². The maximum atomic E-state index is 13.0. The van der Waals surface area contributed by atoms with Gasteiger partial charge in [0.2, 0.25) is 5.78 Å². The van der Waals surface area contributed by atoms with Crippen molar-refractivity contribution in [2.45, 2.75) is 66.7 Å². The van der Waals surface area contributed by atoms with Gasteiger partial charge in [-0.2, -0.15) is 0 Å². The molecule has 0 fully saturated rings. The van der Waals surface area contributed by atoms with Crippen molar-refractivity contribution in [1.82, 2.24) is 29.9 Å². The van der Waals surface area contributed by atoms with E-state index in [1.54, 1.807) is 24.8 Å². The molecule has 0 atom stereocenters. The van der Waals surface area contributed by atoms with Crippen LogP contribution in [0.5, 0.6) is 0 Å². The number of rotatable bonds is 4. The Labute approximate surface area is 183 Å². The Kier molecular flexibility index (Phi) is 5.98. The highest BCUT2D eigenvalue weighted by Crippen LogP contribution is 2.27. The molecule has 31 heavy (non-hydrogen) atoms. The summed E-state index contributed by atoms with van der Waals surface area (Å²) in [5.41, 5.74) is 1.86. The van der Waals surface area contributed by atoms with Crippen molar-refractivity contribution >= 4 is 5.78 Å². The summed E-state index contributed by atoms with van der Waals surface area (Å²) in [6.45, 7) is 15.8. The van der Waals surface area contributed by atoms with Gasteiger partial charge in [0.05, 0.1) is 11.4 Å². The average molecular weight is 419 g/mol. The summed E-state index contributed by atoms with van der Waals surface area (Å²) in [4.78, 5) is 40.0. The van der Waals surface area contributed by atoms with Crippen LogP contribution in [0.2, 0.25) is 0 Å². The number of hydrogen-bond acceptors (Lipinski definition) is 7. The van der Waals surface area contributed by atoms with Crippen molar-refractivity contribution in [3.05, 3.63) is 48.3 Å². The van der Waals surface area contributed by atoms with Crippen LogP contribution in [0.3, 0.4) is 0 Å². The van der Waals surface area contributed by atoms with Gasteiger partial charge in [-0.1, -0.05) is 55.4 Å². The van der Waals surface area contributed by atoms with E-state index in [1.165, 1.54) is 0 Å². The standard InChI is InChI=1S/C24H30N6O/c1-14(2)20-25-10-15(11-26-20)17-9-18(30-21(29-17)19(31)23(3,4)5)16-12-27-22(28-13-16)24(6,7)8/h9-14H,1-8H3. The summed E-state index contributed by atoms with van der Waals surface area (Å²) in [5.74, 6) is 1.76. The fraction of sp³-hybridized carbons (Fsp3) is 0.458. The lowest BCUT2D eigenvalue weighted by Gasteiger charge is -2.17. The van der Waals surface area contributed by atoms with E-state index in [9.17, 15) is 4.79 Å². The largest absolute Gasteiger partial charge is 0.290 e. The highest BCUT2D eigenvalue weighted by Gasteiger charge is 2.27. The minimum Gasteiger partial charge on any atom is -0.290 e. The van der Waals surface area contributed by atoms with Crippen LogP contribution >= 0.6 is 0 Å². The molecular formula is C24H30N6O. The minimum absolute atomic E-state index is 0.137. The van der Waals surface area contributed by atoms with E-state index in [2.05, 4.69) is 50.7 Å². The van der Waals surface area contributed by atoms with E-state index in [1.807, 2.05) is 40.7 Å². The fourth-order valence-electron chi connectivity index (χ4n) is 2.80. The molecule has 0 amide bonds. The van der Waals surface area contributed by atoms with Crippen LogP contribution in [0.1, 0.15) is 83.6 Å². The first-order valence-electron chi connectivity index (χ1n) is 10.5. The van der Waals surface area contributed by atoms with Crippen LogP contribution in [0.15, 0.2) is 30.9 Å². The Bertz CT molecular complexity index is 1080. The van der Waals surface area contributed by atoms with E-state index in [0.717, 1.165) is 22.8 Å². The number of carbonyl (C=O) groups is 1. The molecule has 162 valence electrons. The smallest absolute Gasteiger partial charge is 0.205 e. The Balaban J connectivity index is 2.12. The molecule has 0 aliphatic rings. The summed E-state index contributed by atoms with van der Waals surface area (Å²) < 4.78 is 0. The number of Topliss-reactive ketones (excluding diaryl/α,β-unsaturated/α-hetero) is 1. The van der Waals surface area contributed by atoms with Crippen LogP contribution in [0, 0.1) is 5.41 Å². The van der Waals surface area contributed by atoms with Crippen molar-refractivity contribution in [3.63, 3.8) is 0 Å². The summed E-state index contributed by atoms with van der Waals surface area (Å²) in [7, 11) is 0. The second-order valence-electron chi connectivity index (χ2n) is 10.1. The third-order valence-electron chi connectivity index (χ3n) is 4.71. The number of ketones is 1. The summed E-state index contributed by atoms with van der Waals surface area (Å²) >= 11 is 0. The number of carbonyl (C=O) groups excluding carboxylic acids is 1. The summed E-state index contributed by atoms with van der Waals surface area (Å²) in [5, 5.41) is 0. The molecule has 0 spiro atoms. The van der Waals surface area contributed by atoms with Crippen molar-refractivity contribution in [2.24, 2.45) is 5.41 Å². The molecular weight excluding hydrogens is 388 g/mol. The van der Waals surface area contributed by atoms with Gasteiger partial charge < -0.3 is 0 Å². The lowest BCUT2D eigenvalue weighted by Crippen LogP contribution is -2.23. The van der Waals surface area contributed by atoms with Crippen LogP contribution in [0.25, 0.3) is 22.5 Å². The molecule has 0 saturated heterocycles. The minimum atomic E-state index is -0.611. The van der Waals surface area contributed by atoms with Gasteiger partial charge >= 0.3 is 0 Å². The number of aromatic nitrogens is 6. The number of nitrogens with zero attached hydrogens (tertiary/aromatic N) is 6. The lowest BCUT2D eigenvalue weighted by molar-refractivity contribution is 0.0847. The van der Waals surface area contributed by atoms with E-state index < -0.39 is 5.41 Å². The summed E-state index contributed by atoms with van der Waals surface area (Å²) in [6.07, 6.45) is 6.95. The zero-order valence-electron chi connectivity index (χ0n) is 19.6. The van der Waals surface area contributed by atoms with Gasteiger partial charge in [-0.15, -0.1) is 0 Å². The quantitative estimate of drug-likeness (QED) is 0.548. The van der Waals surface area contributed by atoms with Crippen LogP contribution in [0.4, 0.5) is 0 Å². The van der Waals surface area contributed by atoms with Gasteiger partial charge in [-0.25, -0.2) is 29.9 Å². The molecule has 0 aliphatic heterocycles. The molecule has 0 aliphatic carbocycles. The van der Waals surface area contributed by atoms with Crippen molar-refractivity contribution < 1.29 is 4.79 Å². The molecule has 0 aromatic carbocycles. The molecule has 0 bridgehead atoms. The zero-order chi connectivity index (χ0) is 23.0. The Morgan fingerprint density at radius 3 is 1.61 bits per heavy atom. The van der Waals surface area contributed by atoms with Gasteiger partial charge in [-0.05, 0) is 6.07 Å². The Morgan fingerprint density at radius 2 is 1.23 bits per heavy atom. The molecule has 0 radical (unpaired) electrons. The van der Waals surface area contributed by atoms with Crippen molar-refractivity contribution in [3.8, 4) is 22.5 Å². The second-order valence-corrected chi connectivity index (χ2v) is 10.1. The molecule has 3 aromatic rings. The van der Waals surface area contributed by atoms with Gasteiger partial charge in [0.15, 0.2) is 5.82 Å². The van der Waals surface area contributed by atoms with Crippen molar-refractivity contribution in [2.75, 3.05) is 0 Å². The Hall–Kier alpha value is -3.09. The van der Waals surface area contributed by atoms with Crippen LogP contribution < -0.4 is 0 Å². The molecule has 7 heteroatoms. The molecule has 0 saturated carbocycles. The maximum absolute atomic E-state index is 13.0. The highest BCUT2D eigenvalue weighted by atomic mass is 16.1. The Morgan fingerprint density at radius 1 is 0.774 bits per heavy atom. The monoisotopic (exact) mass is 418 g/mol.